The maximum atomic E-state index is 5.43. The van der Waals surface area contributed by atoms with E-state index in [0.29, 0.717) is 0 Å². The SMILES string of the molecule is Cc1onc(-c2ccccc2)c1-c1csc(-c2cncc(Br)c2)n1. The van der Waals surface area contributed by atoms with Crippen molar-refractivity contribution in [3.63, 3.8) is 0 Å². The van der Waals surface area contributed by atoms with Crippen LogP contribution in [0.2, 0.25) is 0 Å². The van der Waals surface area contributed by atoms with E-state index in [9.17, 15) is 0 Å². The molecule has 0 bridgehead atoms. The Morgan fingerprint density at radius 2 is 1.92 bits per heavy atom. The molecule has 0 N–H and O–H groups in total. The van der Waals surface area contributed by atoms with Crippen LogP contribution >= 0.6 is 27.3 Å². The van der Waals surface area contributed by atoms with E-state index < -0.39 is 0 Å². The van der Waals surface area contributed by atoms with Crippen molar-refractivity contribution < 1.29 is 4.52 Å². The number of thiazole rings is 1. The maximum Gasteiger partial charge on any atom is 0.143 e. The van der Waals surface area contributed by atoms with Gasteiger partial charge in [0.25, 0.3) is 0 Å². The third-order valence-corrected chi connectivity index (χ3v) is 4.95. The van der Waals surface area contributed by atoms with Crippen LogP contribution in [0, 0.1) is 6.92 Å². The van der Waals surface area contributed by atoms with Crippen LogP contribution < -0.4 is 0 Å². The van der Waals surface area contributed by atoms with Gasteiger partial charge in [0.05, 0.1) is 11.3 Å². The summed E-state index contributed by atoms with van der Waals surface area (Å²) in [5.74, 6) is 0.762. The molecule has 118 valence electrons. The minimum Gasteiger partial charge on any atom is -0.360 e. The smallest absolute Gasteiger partial charge is 0.143 e. The van der Waals surface area contributed by atoms with Crippen LogP contribution in [0.15, 0.2) is 63.2 Å². The van der Waals surface area contributed by atoms with Crippen LogP contribution in [0.25, 0.3) is 33.1 Å². The van der Waals surface area contributed by atoms with Crippen molar-refractivity contribution in [3.8, 4) is 33.1 Å². The predicted octanol–water partition coefficient (Wildman–Crippen LogP) is 5.60. The summed E-state index contributed by atoms with van der Waals surface area (Å²) in [6.07, 6.45) is 3.57. The lowest BCUT2D eigenvalue weighted by molar-refractivity contribution is 0.400. The van der Waals surface area contributed by atoms with Crippen LogP contribution in [0.4, 0.5) is 0 Å². The van der Waals surface area contributed by atoms with Crippen LogP contribution in [0.3, 0.4) is 0 Å². The predicted molar refractivity (Wildman–Crippen MR) is 98.7 cm³/mol. The van der Waals surface area contributed by atoms with E-state index in [-0.39, 0.29) is 0 Å². The number of halogens is 1. The zero-order chi connectivity index (χ0) is 16.5. The highest BCUT2D eigenvalue weighted by molar-refractivity contribution is 9.10. The second-order valence-electron chi connectivity index (χ2n) is 5.26. The standard InChI is InChI=1S/C18H12BrN3OS/c1-11-16(17(22-23-11)12-5-3-2-4-6-12)15-10-24-18(21-15)13-7-14(19)9-20-8-13/h2-10H,1H3. The molecule has 6 heteroatoms. The first-order valence-corrected chi connectivity index (χ1v) is 8.98. The van der Waals surface area contributed by atoms with Crippen molar-refractivity contribution in [2.45, 2.75) is 6.92 Å². The zero-order valence-electron chi connectivity index (χ0n) is 12.7. The summed E-state index contributed by atoms with van der Waals surface area (Å²) in [5.41, 5.74) is 4.62. The topological polar surface area (TPSA) is 51.8 Å². The van der Waals surface area contributed by atoms with Crippen LogP contribution in [-0.2, 0) is 0 Å². The van der Waals surface area contributed by atoms with Gasteiger partial charge in [0.15, 0.2) is 0 Å². The van der Waals surface area contributed by atoms with Crippen molar-refractivity contribution in [3.05, 3.63) is 64.4 Å². The molecular formula is C18H12BrN3OS. The Kier molecular flexibility index (Phi) is 4.00. The fourth-order valence-corrected chi connectivity index (χ4v) is 3.67. The molecule has 1 aromatic carbocycles. The first-order chi connectivity index (χ1) is 11.7. The highest BCUT2D eigenvalue weighted by Crippen LogP contribution is 2.36. The van der Waals surface area contributed by atoms with Gasteiger partial charge in [-0.2, -0.15) is 0 Å². The summed E-state index contributed by atoms with van der Waals surface area (Å²) in [7, 11) is 0. The van der Waals surface area contributed by atoms with E-state index in [1.807, 2.05) is 54.9 Å². The quantitative estimate of drug-likeness (QED) is 0.451. The highest BCUT2D eigenvalue weighted by atomic mass is 79.9. The van der Waals surface area contributed by atoms with Crippen molar-refractivity contribution in [1.29, 1.82) is 0 Å². The molecule has 0 aliphatic carbocycles. The Bertz CT molecular complexity index is 994. The Morgan fingerprint density at radius 1 is 1.08 bits per heavy atom. The lowest BCUT2D eigenvalue weighted by atomic mass is 10.0. The zero-order valence-corrected chi connectivity index (χ0v) is 15.1. The van der Waals surface area contributed by atoms with Gasteiger partial charge >= 0.3 is 0 Å². The van der Waals surface area contributed by atoms with Gasteiger partial charge in [0.2, 0.25) is 0 Å². The summed E-state index contributed by atoms with van der Waals surface area (Å²) in [5, 5.41) is 7.17. The number of hydrogen-bond acceptors (Lipinski definition) is 5. The molecule has 0 saturated heterocycles. The molecule has 4 nitrogen and oxygen atoms in total. The molecule has 0 spiro atoms. The van der Waals surface area contributed by atoms with E-state index in [2.05, 4.69) is 26.1 Å². The molecule has 24 heavy (non-hydrogen) atoms. The van der Waals surface area contributed by atoms with Crippen LogP contribution in [0.1, 0.15) is 5.76 Å². The Morgan fingerprint density at radius 3 is 2.71 bits per heavy atom. The number of aromatic nitrogens is 3. The van der Waals surface area contributed by atoms with E-state index in [4.69, 9.17) is 9.51 Å². The van der Waals surface area contributed by atoms with E-state index in [1.54, 1.807) is 17.5 Å². The number of nitrogens with zero attached hydrogens (tertiary/aromatic N) is 3. The monoisotopic (exact) mass is 397 g/mol. The molecule has 0 aliphatic heterocycles. The van der Waals surface area contributed by atoms with E-state index >= 15 is 0 Å². The molecule has 3 aromatic heterocycles. The molecule has 0 amide bonds. The highest BCUT2D eigenvalue weighted by Gasteiger charge is 2.19. The molecule has 0 fully saturated rings. The average molecular weight is 398 g/mol. The minimum absolute atomic E-state index is 0.762. The van der Waals surface area contributed by atoms with Crippen molar-refractivity contribution >= 4 is 27.3 Å². The number of pyridine rings is 1. The van der Waals surface area contributed by atoms with Crippen LogP contribution in [0.5, 0.6) is 0 Å². The first-order valence-electron chi connectivity index (χ1n) is 7.31. The third-order valence-electron chi connectivity index (χ3n) is 3.62. The summed E-state index contributed by atoms with van der Waals surface area (Å²) < 4.78 is 6.37. The number of rotatable bonds is 3. The molecule has 0 unspecified atom stereocenters. The van der Waals surface area contributed by atoms with Crippen molar-refractivity contribution in [2.24, 2.45) is 0 Å². The lowest BCUT2D eigenvalue weighted by Crippen LogP contribution is -1.85. The molecule has 0 atom stereocenters. The molecular weight excluding hydrogens is 386 g/mol. The van der Waals surface area contributed by atoms with Gasteiger partial charge in [-0.15, -0.1) is 11.3 Å². The number of aryl methyl sites for hydroxylation is 1. The number of hydrogen-bond donors (Lipinski definition) is 0. The van der Waals surface area contributed by atoms with Gasteiger partial charge in [-0.25, -0.2) is 4.98 Å². The maximum absolute atomic E-state index is 5.43. The summed E-state index contributed by atoms with van der Waals surface area (Å²) >= 11 is 5.03. The largest absolute Gasteiger partial charge is 0.360 e. The first kappa shape index (κ1) is 15.2. The molecule has 0 saturated carbocycles. The van der Waals surface area contributed by atoms with Crippen molar-refractivity contribution in [2.75, 3.05) is 0 Å². The summed E-state index contributed by atoms with van der Waals surface area (Å²) in [6, 6.07) is 12.0. The normalized spacial score (nSPS) is 10.9. The van der Waals surface area contributed by atoms with E-state index in [1.165, 1.54) is 0 Å². The Labute approximate surface area is 151 Å². The molecule has 0 aliphatic rings. The summed E-state index contributed by atoms with van der Waals surface area (Å²) in [4.78, 5) is 8.97. The lowest BCUT2D eigenvalue weighted by Gasteiger charge is -2.00. The minimum atomic E-state index is 0.762. The Hall–Kier alpha value is -2.31. The fraction of sp³-hybridized carbons (Fsp3) is 0.0556. The van der Waals surface area contributed by atoms with Gasteiger partial charge in [-0.3, -0.25) is 4.98 Å². The van der Waals surface area contributed by atoms with Crippen LogP contribution in [-0.4, -0.2) is 15.1 Å². The van der Waals surface area contributed by atoms with Gasteiger partial charge in [-0.05, 0) is 28.9 Å². The Balaban J connectivity index is 1.80. The molecule has 0 radical (unpaired) electrons. The number of benzene rings is 1. The van der Waals surface area contributed by atoms with Gasteiger partial charge in [0.1, 0.15) is 16.5 Å². The van der Waals surface area contributed by atoms with E-state index in [0.717, 1.165) is 43.3 Å². The van der Waals surface area contributed by atoms with Crippen molar-refractivity contribution in [1.82, 2.24) is 15.1 Å². The second kappa shape index (κ2) is 6.30. The third kappa shape index (κ3) is 2.79. The molecule has 4 aromatic rings. The molecule has 3 heterocycles. The second-order valence-corrected chi connectivity index (χ2v) is 7.03. The summed E-state index contributed by atoms with van der Waals surface area (Å²) in [6.45, 7) is 1.91. The van der Waals surface area contributed by atoms with Gasteiger partial charge < -0.3 is 4.52 Å². The van der Waals surface area contributed by atoms with Gasteiger partial charge in [-0.1, -0.05) is 35.5 Å². The fourth-order valence-electron chi connectivity index (χ4n) is 2.52. The van der Waals surface area contributed by atoms with Gasteiger partial charge in [0, 0.05) is 33.4 Å². The average Bonchev–Trinajstić information content (AvgIpc) is 3.22. The molecule has 4 rings (SSSR count).